The first-order valence-electron chi connectivity index (χ1n) is 9.62. The van der Waals surface area contributed by atoms with Gasteiger partial charge in [0.1, 0.15) is 10.6 Å². The van der Waals surface area contributed by atoms with Crippen molar-refractivity contribution in [2.24, 2.45) is 0 Å². The second-order valence-electron chi connectivity index (χ2n) is 7.61. The molecule has 1 aliphatic rings. The number of aryl methyl sites for hydroxylation is 1. The Hall–Kier alpha value is -2.30. The Kier molecular flexibility index (Phi) is 5.41. The van der Waals surface area contributed by atoms with Crippen molar-refractivity contribution in [2.75, 3.05) is 26.4 Å². The fourth-order valence-corrected chi connectivity index (χ4v) is 5.67. The van der Waals surface area contributed by atoms with E-state index < -0.39 is 10.0 Å². The predicted octanol–water partition coefficient (Wildman–Crippen LogP) is 3.03. The van der Waals surface area contributed by atoms with Crippen LogP contribution in [0.5, 0.6) is 0 Å². The summed E-state index contributed by atoms with van der Waals surface area (Å²) in [5.41, 5.74) is 1.54. The Balaban J connectivity index is 1.55. The van der Waals surface area contributed by atoms with E-state index in [1.54, 1.807) is 28.8 Å². The molecule has 1 aromatic carbocycles. The van der Waals surface area contributed by atoms with Crippen LogP contribution in [0.4, 0.5) is 4.39 Å². The second-order valence-corrected chi connectivity index (χ2v) is 10.7. The highest BCUT2D eigenvalue weighted by Gasteiger charge is 2.30. The van der Waals surface area contributed by atoms with Crippen LogP contribution in [0, 0.1) is 12.7 Å². The number of hydrogen-bond acceptors (Lipinski definition) is 5. The lowest BCUT2D eigenvalue weighted by Gasteiger charge is -2.35. The molecule has 0 bridgehead atoms. The molecule has 0 saturated carbocycles. The van der Waals surface area contributed by atoms with E-state index in [0.717, 1.165) is 21.6 Å². The van der Waals surface area contributed by atoms with Gasteiger partial charge in [0.05, 0.1) is 22.5 Å². The van der Waals surface area contributed by atoms with Gasteiger partial charge in [-0.25, -0.2) is 21.8 Å². The number of halogens is 1. The van der Waals surface area contributed by atoms with Gasteiger partial charge in [-0.15, -0.1) is 11.3 Å². The highest BCUT2D eigenvalue weighted by Crippen LogP contribution is 2.32. The predicted molar refractivity (Wildman–Crippen MR) is 115 cm³/mol. The Labute approximate surface area is 178 Å². The molecular weight excluding hydrogens is 427 g/mol. The highest BCUT2D eigenvalue weighted by atomic mass is 32.2. The molecule has 10 heteroatoms. The van der Waals surface area contributed by atoms with Crippen LogP contribution in [0.2, 0.25) is 0 Å². The lowest BCUT2D eigenvalue weighted by Crippen LogP contribution is -2.46. The van der Waals surface area contributed by atoms with Crippen molar-refractivity contribution in [3.05, 3.63) is 46.7 Å². The van der Waals surface area contributed by atoms with E-state index in [9.17, 15) is 17.6 Å². The Morgan fingerprint density at radius 1 is 1.23 bits per heavy atom. The minimum absolute atomic E-state index is 0.0540. The molecule has 0 N–H and O–H groups in total. The highest BCUT2D eigenvalue weighted by molar-refractivity contribution is 7.88. The van der Waals surface area contributed by atoms with Gasteiger partial charge in [0.2, 0.25) is 10.0 Å². The Morgan fingerprint density at radius 3 is 2.47 bits per heavy atom. The summed E-state index contributed by atoms with van der Waals surface area (Å²) in [4.78, 5) is 16.3. The normalized spacial score (nSPS) is 16.0. The molecule has 160 valence electrons. The van der Waals surface area contributed by atoms with Crippen LogP contribution >= 0.6 is 11.3 Å². The molecule has 0 atom stereocenters. The molecule has 0 spiro atoms. The summed E-state index contributed by atoms with van der Waals surface area (Å²) < 4.78 is 39.9. The number of aromatic nitrogens is 2. The third-order valence-corrected chi connectivity index (χ3v) is 8.06. The fourth-order valence-electron chi connectivity index (χ4n) is 3.77. The molecule has 0 aliphatic carbocycles. The molecule has 3 aromatic rings. The van der Waals surface area contributed by atoms with Crippen molar-refractivity contribution in [3.63, 3.8) is 0 Å². The number of amides is 1. The Morgan fingerprint density at radius 2 is 1.87 bits per heavy atom. The molecule has 1 aliphatic heterocycles. The third-order valence-electron chi connectivity index (χ3n) is 5.62. The van der Waals surface area contributed by atoms with Crippen molar-refractivity contribution < 1.29 is 17.6 Å². The lowest BCUT2D eigenvalue weighted by atomic mass is 10.1. The SMILES string of the molecule is Cc1nn(-c2ccc(F)cc2)c2sc(C(=O)N3CCC(N(C)S(C)(=O)=O)CC3)cc12. The number of rotatable bonds is 4. The van der Waals surface area contributed by atoms with Crippen LogP contribution in [0.25, 0.3) is 15.9 Å². The number of nitrogens with zero attached hydrogens (tertiary/aromatic N) is 4. The largest absolute Gasteiger partial charge is 0.338 e. The van der Waals surface area contributed by atoms with Crippen molar-refractivity contribution in [3.8, 4) is 5.69 Å². The number of hydrogen-bond donors (Lipinski definition) is 0. The zero-order valence-corrected chi connectivity index (χ0v) is 18.6. The second kappa shape index (κ2) is 7.75. The van der Waals surface area contributed by atoms with Gasteiger partial charge in [-0.3, -0.25) is 4.79 Å². The molecular formula is C20H23FN4O3S2. The van der Waals surface area contributed by atoms with E-state index in [4.69, 9.17) is 0 Å². The number of carbonyl (C=O) groups excluding carboxylic acids is 1. The summed E-state index contributed by atoms with van der Waals surface area (Å²) in [7, 11) is -1.65. The molecule has 2 aromatic heterocycles. The maximum atomic E-state index is 13.3. The minimum Gasteiger partial charge on any atom is -0.338 e. The molecule has 1 fully saturated rings. The third kappa shape index (κ3) is 3.86. The van der Waals surface area contributed by atoms with Gasteiger partial charge in [-0.05, 0) is 50.1 Å². The molecule has 30 heavy (non-hydrogen) atoms. The number of sulfonamides is 1. The Bertz CT molecular complexity index is 1190. The summed E-state index contributed by atoms with van der Waals surface area (Å²) in [6, 6.07) is 7.86. The fraction of sp³-hybridized carbons (Fsp3) is 0.400. The van der Waals surface area contributed by atoms with Crippen LogP contribution in [-0.4, -0.2) is 65.7 Å². The van der Waals surface area contributed by atoms with Crippen LogP contribution in [-0.2, 0) is 10.0 Å². The number of carbonyl (C=O) groups is 1. The van der Waals surface area contributed by atoms with E-state index >= 15 is 0 Å². The maximum absolute atomic E-state index is 13.3. The van der Waals surface area contributed by atoms with Crippen LogP contribution in [0.3, 0.4) is 0 Å². The van der Waals surface area contributed by atoms with Gasteiger partial charge >= 0.3 is 0 Å². The van der Waals surface area contributed by atoms with E-state index in [-0.39, 0.29) is 17.8 Å². The quantitative estimate of drug-likeness (QED) is 0.612. The van der Waals surface area contributed by atoms with E-state index in [1.807, 2.05) is 13.0 Å². The smallest absolute Gasteiger partial charge is 0.264 e. The number of thiophene rings is 1. The van der Waals surface area contributed by atoms with Gasteiger partial charge < -0.3 is 4.90 Å². The van der Waals surface area contributed by atoms with Crippen LogP contribution in [0.15, 0.2) is 30.3 Å². The van der Waals surface area contributed by atoms with Gasteiger partial charge in [-0.2, -0.15) is 5.10 Å². The molecule has 0 radical (unpaired) electrons. The number of piperidine rings is 1. The first-order valence-corrected chi connectivity index (χ1v) is 12.3. The summed E-state index contributed by atoms with van der Waals surface area (Å²) >= 11 is 1.37. The summed E-state index contributed by atoms with van der Waals surface area (Å²) in [6.45, 7) is 2.91. The maximum Gasteiger partial charge on any atom is 0.264 e. The zero-order valence-electron chi connectivity index (χ0n) is 17.0. The van der Waals surface area contributed by atoms with Gasteiger partial charge in [0, 0.05) is 31.6 Å². The number of fused-ring (bicyclic) bond motifs is 1. The molecule has 0 unspecified atom stereocenters. The van der Waals surface area contributed by atoms with Gasteiger partial charge in [-0.1, -0.05) is 0 Å². The van der Waals surface area contributed by atoms with Crippen molar-refractivity contribution in [1.82, 2.24) is 19.0 Å². The molecule has 1 saturated heterocycles. The van der Waals surface area contributed by atoms with Gasteiger partial charge in [0.15, 0.2) is 0 Å². The van der Waals surface area contributed by atoms with Crippen LogP contribution < -0.4 is 0 Å². The van der Waals surface area contributed by atoms with E-state index in [2.05, 4.69) is 5.10 Å². The average Bonchev–Trinajstić information content (AvgIpc) is 3.28. The van der Waals surface area contributed by atoms with Crippen LogP contribution in [0.1, 0.15) is 28.2 Å². The molecule has 3 heterocycles. The topological polar surface area (TPSA) is 75.5 Å². The standard InChI is InChI=1S/C20H23FN4O3S2/c1-13-17-12-18(29-20(17)25(22-13)16-6-4-14(21)5-7-16)19(26)24-10-8-15(9-11-24)23(2)30(3,27)28/h4-7,12,15H,8-11H2,1-3H3. The minimum atomic E-state index is -3.24. The summed E-state index contributed by atoms with van der Waals surface area (Å²) in [5, 5.41) is 5.43. The lowest BCUT2D eigenvalue weighted by molar-refractivity contribution is 0.0691. The first-order chi connectivity index (χ1) is 14.1. The zero-order chi connectivity index (χ0) is 21.6. The number of likely N-dealkylation sites (tertiary alicyclic amines) is 1. The number of benzene rings is 1. The first kappa shape index (κ1) is 21.0. The van der Waals surface area contributed by atoms with E-state index in [0.29, 0.717) is 30.8 Å². The van der Waals surface area contributed by atoms with Crippen molar-refractivity contribution >= 4 is 37.5 Å². The summed E-state index contributed by atoms with van der Waals surface area (Å²) in [5.74, 6) is -0.368. The van der Waals surface area contributed by atoms with E-state index in [1.165, 1.54) is 34.0 Å². The average molecular weight is 451 g/mol. The van der Waals surface area contributed by atoms with Crippen molar-refractivity contribution in [2.45, 2.75) is 25.8 Å². The molecule has 1 amide bonds. The monoisotopic (exact) mass is 450 g/mol. The van der Waals surface area contributed by atoms with Crippen molar-refractivity contribution in [1.29, 1.82) is 0 Å². The molecule has 4 rings (SSSR count). The van der Waals surface area contributed by atoms with Gasteiger partial charge in [0.25, 0.3) is 5.91 Å². The summed E-state index contributed by atoms with van der Waals surface area (Å²) in [6.07, 6.45) is 2.43. The molecule has 7 nitrogen and oxygen atoms in total.